The maximum Gasteiger partial charge on any atom is 0.239 e. The molecule has 1 atom stereocenters. The van der Waals surface area contributed by atoms with E-state index in [1.54, 1.807) is 11.0 Å². The first-order valence-corrected chi connectivity index (χ1v) is 6.34. The molecule has 0 aromatic carbocycles. The first-order chi connectivity index (χ1) is 8.04. The summed E-state index contributed by atoms with van der Waals surface area (Å²) in [6, 6.07) is -0.427. The Bertz CT molecular complexity index is 259. The number of carbonyl (C=O) groups excluding carboxylic acids is 1. The van der Waals surface area contributed by atoms with E-state index in [4.69, 9.17) is 5.73 Å². The molecule has 0 bridgehead atoms. The van der Waals surface area contributed by atoms with Gasteiger partial charge in [0.05, 0.1) is 6.04 Å². The van der Waals surface area contributed by atoms with Crippen LogP contribution in [0.25, 0.3) is 0 Å². The lowest BCUT2D eigenvalue weighted by atomic mass is 9.96. The van der Waals surface area contributed by atoms with Gasteiger partial charge in [0.15, 0.2) is 0 Å². The van der Waals surface area contributed by atoms with Crippen molar-refractivity contribution in [1.29, 1.82) is 0 Å². The number of hydrogen-bond acceptors (Lipinski definition) is 3. The molecule has 1 saturated heterocycles. The monoisotopic (exact) mass is 239 g/mol. The van der Waals surface area contributed by atoms with Gasteiger partial charge in [0.25, 0.3) is 0 Å². The maximum atomic E-state index is 11.9. The van der Waals surface area contributed by atoms with Crippen molar-refractivity contribution in [2.75, 3.05) is 33.7 Å². The average Bonchev–Trinajstić information content (AvgIpc) is 2.31. The van der Waals surface area contributed by atoms with E-state index in [9.17, 15) is 4.79 Å². The smallest absolute Gasteiger partial charge is 0.239 e. The molecule has 1 amide bonds. The molecule has 4 heteroatoms. The van der Waals surface area contributed by atoms with Gasteiger partial charge in [-0.05, 0) is 45.3 Å². The second-order valence-corrected chi connectivity index (χ2v) is 5.10. The van der Waals surface area contributed by atoms with Crippen molar-refractivity contribution in [3.8, 4) is 0 Å². The molecule has 1 heterocycles. The molecule has 1 fully saturated rings. The third-order valence-corrected chi connectivity index (χ3v) is 3.48. The van der Waals surface area contributed by atoms with Crippen molar-refractivity contribution in [2.45, 2.75) is 25.3 Å². The molecule has 1 rings (SSSR count). The Morgan fingerprint density at radius 2 is 2.18 bits per heavy atom. The molecule has 98 valence electrons. The summed E-state index contributed by atoms with van der Waals surface area (Å²) in [5.41, 5.74) is 5.79. The standard InChI is InChI=1S/C13H25N3O/c1-4-5-12(14)13(17)16(3)10-11-6-8-15(2)9-7-11/h4,11-12H,1,5-10,14H2,2-3H3. The molecule has 0 aromatic rings. The SMILES string of the molecule is C=CCC(N)C(=O)N(C)CC1CCN(C)CC1. The summed E-state index contributed by atoms with van der Waals surface area (Å²) in [6.07, 6.45) is 4.60. The van der Waals surface area contributed by atoms with Gasteiger partial charge in [-0.15, -0.1) is 6.58 Å². The van der Waals surface area contributed by atoms with Crippen molar-refractivity contribution >= 4 is 5.91 Å². The topological polar surface area (TPSA) is 49.6 Å². The summed E-state index contributed by atoms with van der Waals surface area (Å²) in [7, 11) is 3.99. The van der Waals surface area contributed by atoms with Crippen LogP contribution in [0.2, 0.25) is 0 Å². The third-order valence-electron chi connectivity index (χ3n) is 3.48. The Morgan fingerprint density at radius 3 is 2.71 bits per heavy atom. The third kappa shape index (κ3) is 4.48. The van der Waals surface area contributed by atoms with Crippen LogP contribution < -0.4 is 5.73 Å². The van der Waals surface area contributed by atoms with Gasteiger partial charge in [-0.2, -0.15) is 0 Å². The summed E-state index contributed by atoms with van der Waals surface area (Å²) in [5.74, 6) is 0.653. The summed E-state index contributed by atoms with van der Waals surface area (Å²) < 4.78 is 0. The molecule has 1 aliphatic rings. The summed E-state index contributed by atoms with van der Waals surface area (Å²) in [6.45, 7) is 6.70. The van der Waals surface area contributed by atoms with Gasteiger partial charge in [0, 0.05) is 13.6 Å². The number of hydrogen-bond donors (Lipinski definition) is 1. The molecule has 1 aliphatic heterocycles. The highest BCUT2D eigenvalue weighted by Gasteiger charge is 2.22. The first-order valence-electron chi connectivity index (χ1n) is 6.34. The Labute approximate surface area is 104 Å². The van der Waals surface area contributed by atoms with Crippen molar-refractivity contribution in [3.05, 3.63) is 12.7 Å². The van der Waals surface area contributed by atoms with Crippen molar-refractivity contribution in [1.82, 2.24) is 9.80 Å². The molecule has 0 spiro atoms. The minimum atomic E-state index is -0.427. The fraction of sp³-hybridized carbons (Fsp3) is 0.769. The summed E-state index contributed by atoms with van der Waals surface area (Å²) in [4.78, 5) is 16.0. The molecule has 0 aliphatic carbocycles. The maximum absolute atomic E-state index is 11.9. The van der Waals surface area contributed by atoms with E-state index in [-0.39, 0.29) is 5.91 Å². The lowest BCUT2D eigenvalue weighted by Crippen LogP contribution is -2.44. The molecule has 2 N–H and O–H groups in total. The van der Waals surface area contributed by atoms with Gasteiger partial charge in [0.1, 0.15) is 0 Å². The number of nitrogens with zero attached hydrogens (tertiary/aromatic N) is 2. The number of likely N-dealkylation sites (tertiary alicyclic amines) is 1. The van der Waals surface area contributed by atoms with Crippen molar-refractivity contribution in [2.24, 2.45) is 11.7 Å². The Kier molecular flexibility index (Phi) is 5.65. The van der Waals surface area contributed by atoms with Crippen LogP contribution >= 0.6 is 0 Å². The molecule has 0 saturated carbocycles. The fourth-order valence-electron chi connectivity index (χ4n) is 2.29. The van der Waals surface area contributed by atoms with Gasteiger partial charge >= 0.3 is 0 Å². The van der Waals surface area contributed by atoms with Crippen LogP contribution in [0.3, 0.4) is 0 Å². The van der Waals surface area contributed by atoms with Gasteiger partial charge in [0.2, 0.25) is 5.91 Å². The minimum absolute atomic E-state index is 0.0313. The molecular weight excluding hydrogens is 214 g/mol. The van der Waals surface area contributed by atoms with Crippen LogP contribution in [-0.4, -0.2) is 55.5 Å². The van der Waals surface area contributed by atoms with Crippen LogP contribution in [-0.2, 0) is 4.79 Å². The van der Waals surface area contributed by atoms with E-state index in [0.29, 0.717) is 12.3 Å². The number of nitrogens with two attached hydrogens (primary N) is 1. The zero-order chi connectivity index (χ0) is 12.8. The lowest BCUT2D eigenvalue weighted by Gasteiger charge is -2.32. The summed E-state index contributed by atoms with van der Waals surface area (Å²) in [5, 5.41) is 0. The van der Waals surface area contributed by atoms with Crippen LogP contribution in [0.1, 0.15) is 19.3 Å². The van der Waals surface area contributed by atoms with E-state index >= 15 is 0 Å². The summed E-state index contributed by atoms with van der Waals surface area (Å²) >= 11 is 0. The van der Waals surface area contributed by atoms with Gasteiger partial charge < -0.3 is 15.5 Å². The molecule has 0 aromatic heterocycles. The van der Waals surface area contributed by atoms with Gasteiger partial charge in [-0.1, -0.05) is 6.08 Å². The molecular formula is C13H25N3O. The zero-order valence-corrected chi connectivity index (χ0v) is 11.1. The Balaban J connectivity index is 2.35. The highest BCUT2D eigenvalue weighted by atomic mass is 16.2. The normalized spacial score (nSPS) is 19.9. The van der Waals surface area contributed by atoms with Crippen molar-refractivity contribution in [3.63, 3.8) is 0 Å². The van der Waals surface area contributed by atoms with Gasteiger partial charge in [-0.3, -0.25) is 4.79 Å². The van der Waals surface area contributed by atoms with E-state index in [1.807, 2.05) is 7.05 Å². The molecule has 0 radical (unpaired) electrons. The highest BCUT2D eigenvalue weighted by Crippen LogP contribution is 2.17. The number of carbonyl (C=O) groups is 1. The van der Waals surface area contributed by atoms with E-state index in [0.717, 1.165) is 19.6 Å². The van der Waals surface area contributed by atoms with E-state index in [1.165, 1.54) is 12.8 Å². The number of amides is 1. The van der Waals surface area contributed by atoms with E-state index < -0.39 is 6.04 Å². The van der Waals surface area contributed by atoms with Crippen LogP contribution in [0.5, 0.6) is 0 Å². The number of rotatable bonds is 5. The largest absolute Gasteiger partial charge is 0.344 e. The quantitative estimate of drug-likeness (QED) is 0.718. The van der Waals surface area contributed by atoms with Gasteiger partial charge in [-0.25, -0.2) is 0 Å². The number of likely N-dealkylation sites (N-methyl/N-ethyl adjacent to an activating group) is 1. The molecule has 4 nitrogen and oxygen atoms in total. The lowest BCUT2D eigenvalue weighted by molar-refractivity contribution is -0.132. The minimum Gasteiger partial charge on any atom is -0.344 e. The average molecular weight is 239 g/mol. The van der Waals surface area contributed by atoms with Crippen LogP contribution in [0, 0.1) is 5.92 Å². The fourth-order valence-corrected chi connectivity index (χ4v) is 2.29. The predicted octanol–water partition coefficient (Wildman–Crippen LogP) is 0.690. The first kappa shape index (κ1) is 14.2. The van der Waals surface area contributed by atoms with Crippen LogP contribution in [0.4, 0.5) is 0 Å². The Morgan fingerprint density at radius 1 is 1.59 bits per heavy atom. The highest BCUT2D eigenvalue weighted by molar-refractivity contribution is 5.81. The van der Waals surface area contributed by atoms with Crippen LogP contribution in [0.15, 0.2) is 12.7 Å². The molecule has 17 heavy (non-hydrogen) atoms. The second kappa shape index (κ2) is 6.77. The Hall–Kier alpha value is -0.870. The van der Waals surface area contributed by atoms with E-state index in [2.05, 4.69) is 18.5 Å². The number of piperidine rings is 1. The zero-order valence-electron chi connectivity index (χ0n) is 11.1. The predicted molar refractivity (Wildman–Crippen MR) is 70.6 cm³/mol. The molecule has 1 unspecified atom stereocenters. The second-order valence-electron chi connectivity index (χ2n) is 5.10. The van der Waals surface area contributed by atoms with Crippen molar-refractivity contribution < 1.29 is 4.79 Å².